The third-order valence-electron chi connectivity index (χ3n) is 4.27. The Balaban J connectivity index is 0.000000438. The first-order valence-electron chi connectivity index (χ1n) is 8.74. The van der Waals surface area contributed by atoms with E-state index in [9.17, 15) is 9.18 Å². The summed E-state index contributed by atoms with van der Waals surface area (Å²) in [6.07, 6.45) is 0. The molecule has 1 aliphatic heterocycles. The van der Waals surface area contributed by atoms with Crippen LogP contribution in [0.1, 0.15) is 15.9 Å². The molecule has 9 heteroatoms. The molecule has 3 rings (SSSR count). The van der Waals surface area contributed by atoms with Gasteiger partial charge in [-0.2, -0.15) is 0 Å². The van der Waals surface area contributed by atoms with Crippen LogP contribution in [0.2, 0.25) is 5.02 Å². The molecular weight excluding hydrogens is 403 g/mol. The number of piperazine rings is 1. The molecule has 1 amide bonds. The second-order valence-corrected chi connectivity index (χ2v) is 6.72. The second kappa shape index (κ2) is 10.5. The molecule has 1 fully saturated rings. The van der Waals surface area contributed by atoms with Gasteiger partial charge in [0, 0.05) is 37.7 Å². The lowest BCUT2D eigenvalue weighted by atomic mass is 10.1. The Morgan fingerprint density at radius 2 is 1.45 bits per heavy atom. The standard InChI is InChI=1S/C18H18ClFN2O.C2H2O4/c19-15-7-5-14(6-8-15)13-21-9-11-22(12-10-21)18(23)16-3-1-2-4-17(16)20;3-1(4)2(5)6/h1-8H,9-13H2;(H,3,4)(H,5,6). The monoisotopic (exact) mass is 422 g/mol. The van der Waals surface area contributed by atoms with E-state index in [4.69, 9.17) is 31.4 Å². The highest BCUT2D eigenvalue weighted by Gasteiger charge is 2.23. The summed E-state index contributed by atoms with van der Waals surface area (Å²) in [5.74, 6) is -4.33. The molecule has 154 valence electrons. The van der Waals surface area contributed by atoms with Gasteiger partial charge in [0.25, 0.3) is 5.91 Å². The van der Waals surface area contributed by atoms with E-state index in [1.807, 2.05) is 24.3 Å². The van der Waals surface area contributed by atoms with Crippen LogP contribution in [0.4, 0.5) is 4.39 Å². The minimum Gasteiger partial charge on any atom is -0.473 e. The van der Waals surface area contributed by atoms with Crippen LogP contribution in [0.15, 0.2) is 48.5 Å². The van der Waals surface area contributed by atoms with Crippen molar-refractivity contribution in [1.29, 1.82) is 0 Å². The molecule has 1 saturated heterocycles. The Labute approximate surface area is 171 Å². The van der Waals surface area contributed by atoms with Crippen LogP contribution in [0.5, 0.6) is 0 Å². The maximum atomic E-state index is 13.7. The molecular formula is C20H20ClFN2O5. The van der Waals surface area contributed by atoms with Crippen LogP contribution < -0.4 is 0 Å². The fraction of sp³-hybridized carbons (Fsp3) is 0.250. The number of carboxylic acid groups (broad SMARTS) is 2. The minimum atomic E-state index is -1.82. The summed E-state index contributed by atoms with van der Waals surface area (Å²) in [6.45, 7) is 3.62. The first-order valence-corrected chi connectivity index (χ1v) is 9.12. The Kier molecular flexibility index (Phi) is 8.11. The van der Waals surface area contributed by atoms with E-state index >= 15 is 0 Å². The fourth-order valence-corrected chi connectivity index (χ4v) is 2.89. The normalized spacial score (nSPS) is 13.9. The molecule has 1 aliphatic rings. The van der Waals surface area contributed by atoms with Crippen molar-refractivity contribution in [1.82, 2.24) is 9.80 Å². The molecule has 0 radical (unpaired) electrons. The number of hydrogen-bond donors (Lipinski definition) is 2. The van der Waals surface area contributed by atoms with Crippen molar-refractivity contribution in [3.8, 4) is 0 Å². The number of benzene rings is 2. The van der Waals surface area contributed by atoms with Crippen LogP contribution >= 0.6 is 11.6 Å². The first-order chi connectivity index (χ1) is 13.8. The number of halogens is 2. The number of carbonyl (C=O) groups excluding carboxylic acids is 1. The van der Waals surface area contributed by atoms with Crippen molar-refractivity contribution >= 4 is 29.4 Å². The Hall–Kier alpha value is -2.97. The lowest BCUT2D eigenvalue weighted by molar-refractivity contribution is -0.159. The van der Waals surface area contributed by atoms with Gasteiger partial charge in [-0.15, -0.1) is 0 Å². The number of amides is 1. The Bertz CT molecular complexity index is 855. The molecule has 2 N–H and O–H groups in total. The van der Waals surface area contributed by atoms with Crippen LogP contribution in [0, 0.1) is 5.82 Å². The number of nitrogens with zero attached hydrogens (tertiary/aromatic N) is 2. The van der Waals surface area contributed by atoms with E-state index in [-0.39, 0.29) is 11.5 Å². The van der Waals surface area contributed by atoms with Crippen LogP contribution in [-0.4, -0.2) is 64.0 Å². The largest absolute Gasteiger partial charge is 0.473 e. The number of carbonyl (C=O) groups is 3. The zero-order valence-corrected chi connectivity index (χ0v) is 16.2. The third kappa shape index (κ3) is 6.85. The molecule has 1 heterocycles. The van der Waals surface area contributed by atoms with Gasteiger partial charge < -0.3 is 15.1 Å². The summed E-state index contributed by atoms with van der Waals surface area (Å²) in [6, 6.07) is 13.9. The first kappa shape index (κ1) is 22.3. The summed E-state index contributed by atoms with van der Waals surface area (Å²) in [7, 11) is 0. The summed E-state index contributed by atoms with van der Waals surface area (Å²) < 4.78 is 13.7. The Morgan fingerprint density at radius 1 is 0.897 bits per heavy atom. The van der Waals surface area contributed by atoms with Gasteiger partial charge in [-0.3, -0.25) is 9.69 Å². The van der Waals surface area contributed by atoms with Gasteiger partial charge >= 0.3 is 11.9 Å². The van der Waals surface area contributed by atoms with Gasteiger partial charge in [-0.05, 0) is 29.8 Å². The molecule has 29 heavy (non-hydrogen) atoms. The van der Waals surface area contributed by atoms with Gasteiger partial charge in [0.15, 0.2) is 0 Å². The molecule has 0 saturated carbocycles. The van der Waals surface area contributed by atoms with E-state index in [0.29, 0.717) is 13.1 Å². The highest BCUT2D eigenvalue weighted by Crippen LogP contribution is 2.15. The van der Waals surface area contributed by atoms with Crippen LogP contribution in [-0.2, 0) is 16.1 Å². The Morgan fingerprint density at radius 3 is 1.97 bits per heavy atom. The molecule has 0 unspecified atom stereocenters. The molecule has 0 aliphatic carbocycles. The quantitative estimate of drug-likeness (QED) is 0.738. The van der Waals surface area contributed by atoms with E-state index in [0.717, 1.165) is 24.7 Å². The van der Waals surface area contributed by atoms with Crippen LogP contribution in [0.3, 0.4) is 0 Å². The van der Waals surface area contributed by atoms with Crippen molar-refractivity contribution in [3.05, 3.63) is 70.5 Å². The minimum absolute atomic E-state index is 0.152. The summed E-state index contributed by atoms with van der Waals surface area (Å²) in [5, 5.41) is 15.5. The summed E-state index contributed by atoms with van der Waals surface area (Å²) >= 11 is 5.89. The van der Waals surface area contributed by atoms with Gasteiger partial charge in [-0.1, -0.05) is 35.9 Å². The van der Waals surface area contributed by atoms with Crippen molar-refractivity contribution < 1.29 is 29.0 Å². The van der Waals surface area contributed by atoms with E-state index in [2.05, 4.69) is 4.90 Å². The second-order valence-electron chi connectivity index (χ2n) is 6.28. The number of aliphatic carboxylic acids is 2. The number of rotatable bonds is 3. The maximum absolute atomic E-state index is 13.7. The van der Waals surface area contributed by atoms with E-state index in [1.165, 1.54) is 17.7 Å². The average molecular weight is 423 g/mol. The molecule has 0 bridgehead atoms. The highest BCUT2D eigenvalue weighted by molar-refractivity contribution is 6.30. The third-order valence-corrected chi connectivity index (χ3v) is 4.52. The lowest BCUT2D eigenvalue weighted by Crippen LogP contribution is -2.48. The average Bonchev–Trinajstić information content (AvgIpc) is 2.70. The summed E-state index contributed by atoms with van der Waals surface area (Å²) in [5.41, 5.74) is 1.35. The predicted octanol–water partition coefficient (Wildman–Crippen LogP) is 2.59. The van der Waals surface area contributed by atoms with Gasteiger partial charge in [0.2, 0.25) is 0 Å². The van der Waals surface area contributed by atoms with Crippen molar-refractivity contribution in [2.75, 3.05) is 26.2 Å². The maximum Gasteiger partial charge on any atom is 0.414 e. The SMILES string of the molecule is O=C(O)C(=O)O.O=C(c1ccccc1F)N1CCN(Cc2ccc(Cl)cc2)CC1. The van der Waals surface area contributed by atoms with Gasteiger partial charge in [0.1, 0.15) is 5.82 Å². The number of hydrogen-bond acceptors (Lipinski definition) is 4. The molecule has 0 aromatic heterocycles. The van der Waals surface area contributed by atoms with E-state index < -0.39 is 17.8 Å². The fourth-order valence-electron chi connectivity index (χ4n) is 2.76. The van der Waals surface area contributed by atoms with E-state index in [1.54, 1.807) is 17.0 Å². The van der Waals surface area contributed by atoms with Crippen LogP contribution in [0.25, 0.3) is 0 Å². The van der Waals surface area contributed by atoms with Crippen molar-refractivity contribution in [2.45, 2.75) is 6.54 Å². The predicted molar refractivity (Wildman–Crippen MR) is 104 cm³/mol. The smallest absolute Gasteiger partial charge is 0.414 e. The molecule has 0 atom stereocenters. The zero-order chi connectivity index (χ0) is 21.4. The topological polar surface area (TPSA) is 98.1 Å². The molecule has 2 aromatic rings. The molecule has 7 nitrogen and oxygen atoms in total. The molecule has 0 spiro atoms. The zero-order valence-electron chi connectivity index (χ0n) is 15.4. The molecule has 2 aromatic carbocycles. The van der Waals surface area contributed by atoms with Gasteiger partial charge in [0.05, 0.1) is 5.56 Å². The van der Waals surface area contributed by atoms with Gasteiger partial charge in [-0.25, -0.2) is 14.0 Å². The van der Waals surface area contributed by atoms with Crippen molar-refractivity contribution in [2.24, 2.45) is 0 Å². The highest BCUT2D eigenvalue weighted by atomic mass is 35.5. The summed E-state index contributed by atoms with van der Waals surface area (Å²) in [4.78, 5) is 34.6. The number of carboxylic acids is 2. The van der Waals surface area contributed by atoms with Crippen molar-refractivity contribution in [3.63, 3.8) is 0 Å². The lowest BCUT2D eigenvalue weighted by Gasteiger charge is -2.34.